The van der Waals surface area contributed by atoms with Crippen LogP contribution in [0.4, 0.5) is 5.69 Å². The summed E-state index contributed by atoms with van der Waals surface area (Å²) in [5.74, 6) is 1.92. The molecule has 4 heteroatoms. The van der Waals surface area contributed by atoms with Crippen LogP contribution in [0.25, 0.3) is 11.4 Å². The Morgan fingerprint density at radius 3 is 2.41 bits per heavy atom. The maximum Gasteiger partial charge on any atom is 0.230 e. The van der Waals surface area contributed by atoms with Crippen LogP contribution in [0.2, 0.25) is 0 Å². The number of hydrogen-bond donors (Lipinski definition) is 1. The van der Waals surface area contributed by atoms with Gasteiger partial charge in [0, 0.05) is 17.2 Å². The van der Waals surface area contributed by atoms with E-state index in [0.717, 1.165) is 17.1 Å². The molecule has 4 nitrogen and oxygen atoms in total. The summed E-state index contributed by atoms with van der Waals surface area (Å²) in [4.78, 5) is 4.35. The first-order chi connectivity index (χ1) is 8.33. The summed E-state index contributed by atoms with van der Waals surface area (Å²) >= 11 is 0. The topological polar surface area (TPSA) is 64.9 Å². The van der Waals surface area contributed by atoms with E-state index in [-0.39, 0.29) is 0 Å². The van der Waals surface area contributed by atoms with Gasteiger partial charge < -0.3 is 10.3 Å². The number of aromatic nitrogens is 2. The third-order valence-corrected chi connectivity index (χ3v) is 2.54. The van der Waals surface area contributed by atoms with E-state index in [4.69, 9.17) is 10.3 Å². The maximum atomic E-state index is 5.60. The van der Waals surface area contributed by atoms with E-state index in [1.165, 1.54) is 12.8 Å². The van der Waals surface area contributed by atoms with E-state index in [1.807, 2.05) is 38.1 Å². The number of nitrogens with zero attached hydrogens (tertiary/aromatic N) is 2. The molecule has 1 fully saturated rings. The Hall–Kier alpha value is -1.84. The summed E-state index contributed by atoms with van der Waals surface area (Å²) in [6.45, 7) is 4.00. The van der Waals surface area contributed by atoms with Gasteiger partial charge in [0.05, 0.1) is 0 Å². The van der Waals surface area contributed by atoms with Gasteiger partial charge in [-0.05, 0) is 37.1 Å². The summed E-state index contributed by atoms with van der Waals surface area (Å²) in [5, 5.41) is 3.95. The summed E-state index contributed by atoms with van der Waals surface area (Å²) in [5.41, 5.74) is 7.29. The largest absolute Gasteiger partial charge is 0.399 e. The normalized spacial score (nSPS) is 14.0. The molecule has 0 unspecified atom stereocenters. The van der Waals surface area contributed by atoms with Crippen molar-refractivity contribution in [2.75, 3.05) is 5.73 Å². The lowest BCUT2D eigenvalue weighted by atomic mass is 10.2. The molecule has 2 N–H and O–H groups in total. The van der Waals surface area contributed by atoms with Crippen LogP contribution in [0.15, 0.2) is 28.8 Å². The van der Waals surface area contributed by atoms with Crippen molar-refractivity contribution in [3.8, 4) is 11.4 Å². The molecule has 0 bridgehead atoms. The standard InChI is InChI=1S/C11H11N3O.C2H6/c12-9-5-3-7(4-6-9)10-13-11(15-14-10)8-1-2-8;1-2/h3-6,8H,1-2,12H2;1-2H3. The molecule has 0 aliphatic heterocycles. The minimum absolute atomic E-state index is 0.500. The first-order valence-electron chi connectivity index (χ1n) is 6.02. The molecule has 1 saturated carbocycles. The van der Waals surface area contributed by atoms with Crippen molar-refractivity contribution in [2.45, 2.75) is 32.6 Å². The molecule has 1 aliphatic rings. The predicted molar refractivity (Wildman–Crippen MR) is 67.5 cm³/mol. The molecule has 1 aliphatic carbocycles. The molecular weight excluding hydrogens is 214 g/mol. The third-order valence-electron chi connectivity index (χ3n) is 2.54. The Balaban J connectivity index is 0.000000514. The van der Waals surface area contributed by atoms with E-state index < -0.39 is 0 Å². The highest BCUT2D eigenvalue weighted by molar-refractivity contribution is 5.58. The van der Waals surface area contributed by atoms with Gasteiger partial charge in [-0.1, -0.05) is 19.0 Å². The van der Waals surface area contributed by atoms with Crippen molar-refractivity contribution >= 4 is 5.69 Å². The molecule has 17 heavy (non-hydrogen) atoms. The quantitative estimate of drug-likeness (QED) is 0.806. The minimum atomic E-state index is 0.500. The molecule has 0 saturated heterocycles. The number of rotatable bonds is 2. The summed E-state index contributed by atoms with van der Waals surface area (Å²) in [7, 11) is 0. The Morgan fingerprint density at radius 2 is 1.82 bits per heavy atom. The number of hydrogen-bond acceptors (Lipinski definition) is 4. The average Bonchev–Trinajstić information content (AvgIpc) is 3.11. The minimum Gasteiger partial charge on any atom is -0.399 e. The number of nitrogens with two attached hydrogens (primary N) is 1. The first kappa shape index (κ1) is 11.6. The zero-order chi connectivity index (χ0) is 12.3. The Labute approximate surface area is 101 Å². The summed E-state index contributed by atoms with van der Waals surface area (Å²) in [6, 6.07) is 7.47. The molecule has 0 atom stereocenters. The molecule has 1 heterocycles. The van der Waals surface area contributed by atoms with E-state index in [1.54, 1.807) is 0 Å². The van der Waals surface area contributed by atoms with Gasteiger partial charge in [-0.25, -0.2) is 0 Å². The lowest BCUT2D eigenvalue weighted by molar-refractivity contribution is 0.380. The molecule has 90 valence electrons. The van der Waals surface area contributed by atoms with Crippen molar-refractivity contribution in [2.24, 2.45) is 0 Å². The number of nitrogen functional groups attached to an aromatic ring is 1. The third kappa shape index (κ3) is 2.64. The van der Waals surface area contributed by atoms with Crippen LogP contribution < -0.4 is 5.73 Å². The lowest BCUT2D eigenvalue weighted by Gasteiger charge is -1.94. The molecule has 1 aromatic carbocycles. The summed E-state index contributed by atoms with van der Waals surface area (Å²) < 4.78 is 5.18. The monoisotopic (exact) mass is 231 g/mol. The molecular formula is C13H17N3O. The van der Waals surface area contributed by atoms with Crippen LogP contribution >= 0.6 is 0 Å². The fourth-order valence-corrected chi connectivity index (χ4v) is 1.48. The molecule has 0 spiro atoms. The zero-order valence-corrected chi connectivity index (χ0v) is 10.2. The molecule has 2 aromatic rings. The molecule has 1 aromatic heterocycles. The summed E-state index contributed by atoms with van der Waals surface area (Å²) in [6.07, 6.45) is 2.34. The van der Waals surface area contributed by atoms with Crippen LogP contribution in [-0.4, -0.2) is 10.1 Å². The SMILES string of the molecule is CC.Nc1ccc(-c2noc(C3CC3)n2)cc1. The van der Waals surface area contributed by atoms with Gasteiger partial charge in [0.15, 0.2) is 0 Å². The van der Waals surface area contributed by atoms with Crippen molar-refractivity contribution in [1.29, 1.82) is 0 Å². The molecule has 3 rings (SSSR count). The van der Waals surface area contributed by atoms with Crippen molar-refractivity contribution in [3.63, 3.8) is 0 Å². The lowest BCUT2D eigenvalue weighted by Crippen LogP contribution is -1.85. The van der Waals surface area contributed by atoms with Crippen molar-refractivity contribution < 1.29 is 4.52 Å². The first-order valence-corrected chi connectivity index (χ1v) is 6.02. The predicted octanol–water partition coefficient (Wildman–Crippen LogP) is 3.22. The molecule has 0 amide bonds. The van der Waals surface area contributed by atoms with Gasteiger partial charge in [-0.2, -0.15) is 4.98 Å². The van der Waals surface area contributed by atoms with E-state index >= 15 is 0 Å². The van der Waals surface area contributed by atoms with Crippen LogP contribution in [0.3, 0.4) is 0 Å². The fourth-order valence-electron chi connectivity index (χ4n) is 1.48. The van der Waals surface area contributed by atoms with Crippen LogP contribution in [-0.2, 0) is 0 Å². The second-order valence-electron chi connectivity index (χ2n) is 3.85. The molecule has 0 radical (unpaired) electrons. The van der Waals surface area contributed by atoms with Gasteiger partial charge in [-0.15, -0.1) is 0 Å². The Kier molecular flexibility index (Phi) is 3.42. The smallest absolute Gasteiger partial charge is 0.230 e. The Morgan fingerprint density at radius 1 is 1.18 bits per heavy atom. The number of anilines is 1. The van der Waals surface area contributed by atoms with Crippen molar-refractivity contribution in [1.82, 2.24) is 10.1 Å². The highest BCUT2D eigenvalue weighted by Crippen LogP contribution is 2.39. The van der Waals surface area contributed by atoms with Gasteiger partial charge >= 0.3 is 0 Å². The number of benzene rings is 1. The maximum absolute atomic E-state index is 5.60. The second kappa shape index (κ2) is 4.99. The van der Waals surface area contributed by atoms with Crippen LogP contribution in [0.5, 0.6) is 0 Å². The van der Waals surface area contributed by atoms with E-state index in [2.05, 4.69) is 10.1 Å². The van der Waals surface area contributed by atoms with Gasteiger partial charge in [0.1, 0.15) is 0 Å². The van der Waals surface area contributed by atoms with Gasteiger partial charge in [-0.3, -0.25) is 0 Å². The second-order valence-corrected chi connectivity index (χ2v) is 3.85. The van der Waals surface area contributed by atoms with Crippen LogP contribution in [0.1, 0.15) is 38.5 Å². The van der Waals surface area contributed by atoms with Crippen LogP contribution in [0, 0.1) is 0 Å². The highest BCUT2D eigenvalue weighted by atomic mass is 16.5. The van der Waals surface area contributed by atoms with E-state index in [9.17, 15) is 0 Å². The van der Waals surface area contributed by atoms with E-state index in [0.29, 0.717) is 11.7 Å². The van der Waals surface area contributed by atoms with Gasteiger partial charge in [0.25, 0.3) is 0 Å². The van der Waals surface area contributed by atoms with Crippen molar-refractivity contribution in [3.05, 3.63) is 30.2 Å². The van der Waals surface area contributed by atoms with Gasteiger partial charge in [0.2, 0.25) is 11.7 Å². The Bertz CT molecular complexity index is 472. The highest BCUT2D eigenvalue weighted by Gasteiger charge is 2.29. The fraction of sp³-hybridized carbons (Fsp3) is 0.385. The average molecular weight is 231 g/mol. The zero-order valence-electron chi connectivity index (χ0n) is 10.2.